The van der Waals surface area contributed by atoms with Gasteiger partial charge in [0, 0.05) is 14.1 Å². The number of amides is 1. The number of nitriles is 2. The summed E-state index contributed by atoms with van der Waals surface area (Å²) in [5.74, 6) is -0.123. The molecular formula is C12H12N4O. The van der Waals surface area contributed by atoms with Crippen LogP contribution < -0.4 is 5.32 Å². The molecule has 0 aliphatic carbocycles. The number of nitrogens with one attached hydrogen (secondary N) is 1. The predicted octanol–water partition coefficient (Wildman–Crippen LogP) is 0.930. The van der Waals surface area contributed by atoms with Gasteiger partial charge in [0.25, 0.3) is 0 Å². The van der Waals surface area contributed by atoms with Crippen LogP contribution >= 0.6 is 0 Å². The number of carbonyl (C=O) groups excluding carboxylic acids is 1. The van der Waals surface area contributed by atoms with Crippen molar-refractivity contribution in [1.82, 2.24) is 4.90 Å². The van der Waals surface area contributed by atoms with Crippen molar-refractivity contribution >= 4 is 11.6 Å². The molecule has 0 saturated carbocycles. The zero-order valence-corrected chi connectivity index (χ0v) is 9.69. The van der Waals surface area contributed by atoms with Crippen molar-refractivity contribution in [2.24, 2.45) is 0 Å². The maximum atomic E-state index is 11.4. The number of para-hydroxylation sites is 1. The minimum atomic E-state index is -0.123. The van der Waals surface area contributed by atoms with E-state index >= 15 is 0 Å². The smallest absolute Gasteiger partial charge is 0.241 e. The molecule has 1 aromatic rings. The zero-order valence-electron chi connectivity index (χ0n) is 9.69. The molecule has 1 N–H and O–H groups in total. The first-order chi connectivity index (χ1) is 8.10. The van der Waals surface area contributed by atoms with E-state index in [2.05, 4.69) is 5.32 Å². The molecule has 0 heterocycles. The van der Waals surface area contributed by atoms with Gasteiger partial charge in [0.1, 0.15) is 12.1 Å². The first-order valence-electron chi connectivity index (χ1n) is 4.97. The van der Waals surface area contributed by atoms with Gasteiger partial charge >= 0.3 is 0 Å². The molecule has 5 heteroatoms. The van der Waals surface area contributed by atoms with Gasteiger partial charge in [0.2, 0.25) is 5.91 Å². The van der Waals surface area contributed by atoms with Crippen molar-refractivity contribution in [2.75, 3.05) is 26.0 Å². The van der Waals surface area contributed by atoms with Crippen LogP contribution in [-0.4, -0.2) is 31.4 Å². The Balaban J connectivity index is 2.95. The second-order valence-electron chi connectivity index (χ2n) is 3.59. The Morgan fingerprint density at radius 2 is 1.82 bits per heavy atom. The Labute approximate surface area is 99.9 Å². The zero-order chi connectivity index (χ0) is 12.8. The Bertz CT molecular complexity index is 476. The van der Waals surface area contributed by atoms with E-state index in [9.17, 15) is 4.79 Å². The van der Waals surface area contributed by atoms with E-state index in [4.69, 9.17) is 10.5 Å². The average molecular weight is 228 g/mol. The first-order valence-corrected chi connectivity index (χ1v) is 4.97. The third-order valence-electron chi connectivity index (χ3n) is 2.22. The van der Waals surface area contributed by atoms with Gasteiger partial charge in [-0.1, -0.05) is 6.07 Å². The molecule has 0 saturated heterocycles. The summed E-state index contributed by atoms with van der Waals surface area (Å²) in [6, 6.07) is 8.81. The summed E-state index contributed by atoms with van der Waals surface area (Å²) in [5.41, 5.74) is 1.12. The maximum absolute atomic E-state index is 11.4. The quantitative estimate of drug-likeness (QED) is 0.834. The van der Waals surface area contributed by atoms with E-state index in [1.807, 2.05) is 12.1 Å². The van der Waals surface area contributed by atoms with Gasteiger partial charge in [0.05, 0.1) is 23.4 Å². The van der Waals surface area contributed by atoms with Crippen molar-refractivity contribution in [3.05, 3.63) is 29.3 Å². The lowest BCUT2D eigenvalue weighted by atomic mass is 10.1. The molecule has 0 unspecified atom stereocenters. The minimum Gasteiger partial charge on any atom is -0.374 e. The predicted molar refractivity (Wildman–Crippen MR) is 63.1 cm³/mol. The summed E-state index contributed by atoms with van der Waals surface area (Å²) in [6.07, 6.45) is 0. The normalized spacial score (nSPS) is 8.94. The SMILES string of the molecule is CN(C)C(=O)CNc1c(C#N)cccc1C#N. The topological polar surface area (TPSA) is 79.9 Å². The molecule has 0 radical (unpaired) electrons. The van der Waals surface area contributed by atoms with Gasteiger partial charge in [-0.25, -0.2) is 0 Å². The Hall–Kier alpha value is -2.53. The van der Waals surface area contributed by atoms with Gasteiger partial charge in [-0.2, -0.15) is 10.5 Å². The van der Waals surface area contributed by atoms with Crippen molar-refractivity contribution in [3.63, 3.8) is 0 Å². The van der Waals surface area contributed by atoms with Crippen LogP contribution in [0.25, 0.3) is 0 Å². The summed E-state index contributed by atoms with van der Waals surface area (Å²) >= 11 is 0. The molecule has 0 aliphatic heterocycles. The van der Waals surface area contributed by atoms with Crippen molar-refractivity contribution in [1.29, 1.82) is 10.5 Å². The Kier molecular flexibility index (Phi) is 4.08. The molecule has 0 fully saturated rings. The van der Waals surface area contributed by atoms with Crippen LogP contribution in [0, 0.1) is 22.7 Å². The lowest BCUT2D eigenvalue weighted by Crippen LogP contribution is -2.29. The number of hydrogen-bond donors (Lipinski definition) is 1. The summed E-state index contributed by atoms with van der Waals surface area (Å²) < 4.78 is 0. The van der Waals surface area contributed by atoms with Crippen molar-refractivity contribution < 1.29 is 4.79 Å². The molecule has 0 atom stereocenters. The molecule has 1 rings (SSSR count). The van der Waals surface area contributed by atoms with Crippen LogP contribution in [0.2, 0.25) is 0 Å². The fourth-order valence-corrected chi connectivity index (χ4v) is 1.25. The van der Waals surface area contributed by atoms with Gasteiger partial charge in [-0.15, -0.1) is 0 Å². The van der Waals surface area contributed by atoms with E-state index in [0.717, 1.165) is 0 Å². The van der Waals surface area contributed by atoms with E-state index in [1.165, 1.54) is 4.90 Å². The fourth-order valence-electron chi connectivity index (χ4n) is 1.25. The van der Waals surface area contributed by atoms with Gasteiger partial charge in [-0.05, 0) is 12.1 Å². The summed E-state index contributed by atoms with van der Waals surface area (Å²) in [5, 5.41) is 20.7. The largest absolute Gasteiger partial charge is 0.374 e. The van der Waals surface area contributed by atoms with E-state index < -0.39 is 0 Å². The number of nitrogens with zero attached hydrogens (tertiary/aromatic N) is 3. The molecule has 5 nitrogen and oxygen atoms in total. The number of carbonyl (C=O) groups is 1. The van der Waals surface area contributed by atoms with Crippen LogP contribution in [0.3, 0.4) is 0 Å². The molecule has 1 amide bonds. The number of anilines is 1. The lowest BCUT2D eigenvalue weighted by Gasteiger charge is -2.13. The Morgan fingerprint density at radius 3 is 2.24 bits per heavy atom. The monoisotopic (exact) mass is 228 g/mol. The van der Waals surface area contributed by atoms with E-state index in [1.54, 1.807) is 32.3 Å². The molecule has 0 spiro atoms. The van der Waals surface area contributed by atoms with Crippen LogP contribution in [0.4, 0.5) is 5.69 Å². The van der Waals surface area contributed by atoms with E-state index in [-0.39, 0.29) is 12.5 Å². The molecule has 0 aromatic heterocycles. The van der Waals surface area contributed by atoms with Gasteiger partial charge in [0.15, 0.2) is 0 Å². The molecule has 86 valence electrons. The van der Waals surface area contributed by atoms with Crippen LogP contribution in [0.15, 0.2) is 18.2 Å². The fraction of sp³-hybridized carbons (Fsp3) is 0.250. The molecule has 17 heavy (non-hydrogen) atoms. The number of benzene rings is 1. The van der Waals surface area contributed by atoms with Gasteiger partial charge in [-0.3, -0.25) is 4.79 Å². The van der Waals surface area contributed by atoms with Crippen LogP contribution in [-0.2, 0) is 4.79 Å². The summed E-state index contributed by atoms with van der Waals surface area (Å²) in [6.45, 7) is 0.0559. The third-order valence-corrected chi connectivity index (χ3v) is 2.22. The minimum absolute atomic E-state index is 0.0559. The highest BCUT2D eigenvalue weighted by atomic mass is 16.2. The van der Waals surface area contributed by atoms with Crippen molar-refractivity contribution in [2.45, 2.75) is 0 Å². The first kappa shape index (κ1) is 12.5. The summed E-state index contributed by atoms with van der Waals surface area (Å²) in [7, 11) is 3.29. The molecular weight excluding hydrogens is 216 g/mol. The standard InChI is InChI=1S/C12H12N4O/c1-16(2)11(17)8-15-12-9(6-13)4-3-5-10(12)7-14/h3-5,15H,8H2,1-2H3. The number of rotatable bonds is 3. The highest BCUT2D eigenvalue weighted by molar-refractivity contribution is 5.81. The third kappa shape index (κ3) is 2.96. The second kappa shape index (κ2) is 5.53. The van der Waals surface area contributed by atoms with Gasteiger partial charge < -0.3 is 10.2 Å². The number of hydrogen-bond acceptors (Lipinski definition) is 4. The lowest BCUT2D eigenvalue weighted by molar-refractivity contribution is -0.126. The second-order valence-corrected chi connectivity index (χ2v) is 3.59. The van der Waals surface area contributed by atoms with Crippen LogP contribution in [0.5, 0.6) is 0 Å². The van der Waals surface area contributed by atoms with E-state index in [0.29, 0.717) is 16.8 Å². The molecule has 0 bridgehead atoms. The average Bonchev–Trinajstić information content (AvgIpc) is 2.34. The molecule has 0 aliphatic rings. The maximum Gasteiger partial charge on any atom is 0.241 e. The highest BCUT2D eigenvalue weighted by Gasteiger charge is 2.10. The van der Waals surface area contributed by atoms with Crippen LogP contribution in [0.1, 0.15) is 11.1 Å². The highest BCUT2D eigenvalue weighted by Crippen LogP contribution is 2.19. The Morgan fingerprint density at radius 1 is 1.29 bits per heavy atom. The number of likely N-dealkylation sites (N-methyl/N-ethyl adjacent to an activating group) is 1. The molecule has 1 aromatic carbocycles. The summed E-state index contributed by atoms with van der Waals surface area (Å²) in [4.78, 5) is 12.9. The van der Waals surface area contributed by atoms with Crippen molar-refractivity contribution in [3.8, 4) is 12.1 Å².